The molecule has 0 amide bonds. The molecule has 1 heterocycles. The summed E-state index contributed by atoms with van der Waals surface area (Å²) in [5, 5.41) is 0.859. The zero-order valence-electron chi connectivity index (χ0n) is 11.4. The summed E-state index contributed by atoms with van der Waals surface area (Å²) in [7, 11) is 0. The van der Waals surface area contributed by atoms with Gasteiger partial charge in [0.2, 0.25) is 0 Å². The number of rotatable bonds is 3. The summed E-state index contributed by atoms with van der Waals surface area (Å²) in [5.74, 6) is 0.894. The maximum absolute atomic E-state index is 6.37. The summed E-state index contributed by atoms with van der Waals surface area (Å²) in [6.07, 6.45) is 6.87. The lowest BCUT2D eigenvalue weighted by Crippen LogP contribution is -2.40. The van der Waals surface area contributed by atoms with Gasteiger partial charge in [0.15, 0.2) is 0 Å². The van der Waals surface area contributed by atoms with Crippen LogP contribution in [0.5, 0.6) is 0 Å². The molecule has 2 N–H and O–H groups in total. The highest BCUT2D eigenvalue weighted by molar-refractivity contribution is 6.31. The van der Waals surface area contributed by atoms with Crippen molar-refractivity contribution >= 4 is 11.6 Å². The number of fused-ring (bicyclic) bond motifs is 1. The van der Waals surface area contributed by atoms with E-state index in [-0.39, 0.29) is 0 Å². The molecule has 3 heteroatoms. The van der Waals surface area contributed by atoms with Gasteiger partial charge in [-0.1, -0.05) is 42.6 Å². The minimum atomic E-state index is 0.293. The topological polar surface area (TPSA) is 29.3 Å². The van der Waals surface area contributed by atoms with E-state index in [0.29, 0.717) is 12.6 Å². The first-order valence-corrected chi connectivity index (χ1v) is 7.89. The van der Waals surface area contributed by atoms with E-state index in [1.54, 1.807) is 0 Å². The summed E-state index contributed by atoms with van der Waals surface area (Å²) >= 11 is 6.37. The van der Waals surface area contributed by atoms with Gasteiger partial charge in [0.25, 0.3) is 0 Å². The van der Waals surface area contributed by atoms with Crippen LogP contribution < -0.4 is 5.73 Å². The first-order chi connectivity index (χ1) is 9.31. The fraction of sp³-hybridized carbons (Fsp3) is 0.625. The second-order valence-electron chi connectivity index (χ2n) is 5.91. The van der Waals surface area contributed by atoms with E-state index in [1.165, 1.54) is 44.2 Å². The highest BCUT2D eigenvalue weighted by Crippen LogP contribution is 2.41. The van der Waals surface area contributed by atoms with Crippen molar-refractivity contribution in [1.29, 1.82) is 0 Å². The molecule has 0 aromatic heterocycles. The molecule has 2 fully saturated rings. The Balaban J connectivity index is 1.85. The molecule has 0 spiro atoms. The maximum atomic E-state index is 6.37. The van der Waals surface area contributed by atoms with Gasteiger partial charge in [0, 0.05) is 23.7 Å². The van der Waals surface area contributed by atoms with Crippen molar-refractivity contribution in [3.05, 3.63) is 34.9 Å². The molecule has 1 aliphatic heterocycles. The zero-order valence-corrected chi connectivity index (χ0v) is 12.1. The second-order valence-corrected chi connectivity index (χ2v) is 6.32. The van der Waals surface area contributed by atoms with Crippen LogP contribution in [0.3, 0.4) is 0 Å². The molecule has 0 radical (unpaired) electrons. The zero-order chi connectivity index (χ0) is 13.2. The van der Waals surface area contributed by atoms with E-state index in [9.17, 15) is 0 Å². The van der Waals surface area contributed by atoms with E-state index >= 15 is 0 Å². The highest BCUT2D eigenvalue weighted by Gasteiger charge is 2.39. The molecule has 104 valence electrons. The summed E-state index contributed by atoms with van der Waals surface area (Å²) in [4.78, 5) is 2.63. The fourth-order valence-corrected chi connectivity index (χ4v) is 4.28. The first kappa shape index (κ1) is 13.4. The summed E-state index contributed by atoms with van der Waals surface area (Å²) in [6.45, 7) is 1.84. The quantitative estimate of drug-likeness (QED) is 0.915. The number of benzene rings is 1. The lowest BCUT2D eigenvalue weighted by atomic mass is 9.84. The number of hydrogen-bond acceptors (Lipinski definition) is 2. The van der Waals surface area contributed by atoms with Gasteiger partial charge >= 0.3 is 0 Å². The molecule has 19 heavy (non-hydrogen) atoms. The van der Waals surface area contributed by atoms with Crippen LogP contribution in [0.25, 0.3) is 0 Å². The second kappa shape index (κ2) is 5.82. The minimum Gasteiger partial charge on any atom is -0.329 e. The van der Waals surface area contributed by atoms with Crippen LogP contribution in [-0.4, -0.2) is 24.0 Å². The van der Waals surface area contributed by atoms with Crippen molar-refractivity contribution in [2.24, 2.45) is 11.7 Å². The SMILES string of the molecule is NCC(c1ccccc1Cl)N1CCC2CCCCC21. The Hall–Kier alpha value is -0.570. The molecule has 3 unspecified atom stereocenters. The molecule has 1 saturated carbocycles. The van der Waals surface area contributed by atoms with Crippen molar-refractivity contribution < 1.29 is 0 Å². The van der Waals surface area contributed by atoms with Crippen LogP contribution in [0, 0.1) is 5.92 Å². The largest absolute Gasteiger partial charge is 0.329 e. The molecule has 1 aromatic carbocycles. The van der Waals surface area contributed by atoms with Gasteiger partial charge in [-0.3, -0.25) is 4.90 Å². The van der Waals surface area contributed by atoms with Crippen LogP contribution in [0.2, 0.25) is 5.02 Å². The Labute approximate surface area is 120 Å². The Morgan fingerprint density at radius 3 is 2.79 bits per heavy atom. The van der Waals surface area contributed by atoms with Crippen molar-refractivity contribution in [2.45, 2.75) is 44.2 Å². The van der Waals surface area contributed by atoms with Crippen molar-refractivity contribution in [3.63, 3.8) is 0 Å². The molecule has 3 atom stereocenters. The lowest BCUT2D eigenvalue weighted by molar-refractivity contribution is 0.135. The van der Waals surface area contributed by atoms with Gasteiger partial charge in [-0.2, -0.15) is 0 Å². The number of nitrogens with two attached hydrogens (primary N) is 1. The molecule has 3 rings (SSSR count). The van der Waals surface area contributed by atoms with E-state index < -0.39 is 0 Å². The smallest absolute Gasteiger partial charge is 0.0488 e. The van der Waals surface area contributed by atoms with Crippen LogP contribution in [0.15, 0.2) is 24.3 Å². The third-order valence-corrected chi connectivity index (χ3v) is 5.29. The highest BCUT2D eigenvalue weighted by atomic mass is 35.5. The Morgan fingerprint density at radius 2 is 2.00 bits per heavy atom. The number of halogens is 1. The standard InChI is InChI=1S/C16H23ClN2/c17-14-7-3-2-6-13(14)16(11-18)19-10-9-12-5-1-4-8-15(12)19/h2-3,6-7,12,15-16H,1,4-5,8-11,18H2. The molecule has 2 aliphatic rings. The van der Waals surface area contributed by atoms with E-state index in [1.807, 2.05) is 12.1 Å². The van der Waals surface area contributed by atoms with Gasteiger partial charge in [0.1, 0.15) is 0 Å². The van der Waals surface area contributed by atoms with Gasteiger partial charge in [-0.15, -0.1) is 0 Å². The van der Waals surface area contributed by atoms with Crippen LogP contribution in [0.4, 0.5) is 0 Å². The van der Waals surface area contributed by atoms with Crippen LogP contribution >= 0.6 is 11.6 Å². The van der Waals surface area contributed by atoms with Crippen molar-refractivity contribution in [2.75, 3.05) is 13.1 Å². The first-order valence-electron chi connectivity index (χ1n) is 7.51. The monoisotopic (exact) mass is 278 g/mol. The molecule has 1 saturated heterocycles. The van der Waals surface area contributed by atoms with Crippen LogP contribution in [-0.2, 0) is 0 Å². The lowest BCUT2D eigenvalue weighted by Gasteiger charge is -2.37. The summed E-state index contributed by atoms with van der Waals surface area (Å²) < 4.78 is 0. The number of likely N-dealkylation sites (tertiary alicyclic amines) is 1. The van der Waals surface area contributed by atoms with E-state index in [0.717, 1.165) is 17.0 Å². The van der Waals surface area contributed by atoms with Crippen LogP contribution in [0.1, 0.15) is 43.7 Å². The Kier molecular flexibility index (Phi) is 4.11. The molecule has 2 nitrogen and oxygen atoms in total. The molecular weight excluding hydrogens is 256 g/mol. The summed E-state index contributed by atoms with van der Waals surface area (Å²) in [6, 6.07) is 9.20. The Bertz CT molecular complexity index is 435. The van der Waals surface area contributed by atoms with E-state index in [4.69, 9.17) is 17.3 Å². The van der Waals surface area contributed by atoms with Gasteiger partial charge in [-0.25, -0.2) is 0 Å². The average molecular weight is 279 g/mol. The number of hydrogen-bond donors (Lipinski definition) is 1. The minimum absolute atomic E-state index is 0.293. The fourth-order valence-electron chi connectivity index (χ4n) is 4.02. The Morgan fingerprint density at radius 1 is 1.21 bits per heavy atom. The molecule has 1 aromatic rings. The van der Waals surface area contributed by atoms with Crippen molar-refractivity contribution in [3.8, 4) is 0 Å². The van der Waals surface area contributed by atoms with Gasteiger partial charge in [0.05, 0.1) is 0 Å². The van der Waals surface area contributed by atoms with E-state index in [2.05, 4.69) is 17.0 Å². The predicted molar refractivity (Wildman–Crippen MR) is 80.3 cm³/mol. The van der Waals surface area contributed by atoms with Crippen molar-refractivity contribution in [1.82, 2.24) is 4.90 Å². The third kappa shape index (κ3) is 2.54. The third-order valence-electron chi connectivity index (χ3n) is 4.94. The number of nitrogens with zero attached hydrogens (tertiary/aromatic N) is 1. The molecular formula is C16H23ClN2. The molecule has 1 aliphatic carbocycles. The van der Waals surface area contributed by atoms with Gasteiger partial charge < -0.3 is 5.73 Å². The molecule has 0 bridgehead atoms. The average Bonchev–Trinajstić information content (AvgIpc) is 2.86. The predicted octanol–water partition coefficient (Wildman–Crippen LogP) is 3.60. The van der Waals surface area contributed by atoms with Gasteiger partial charge in [-0.05, 0) is 43.4 Å². The summed E-state index contributed by atoms with van der Waals surface area (Å²) in [5.41, 5.74) is 7.28. The maximum Gasteiger partial charge on any atom is 0.0488 e. The normalized spacial score (nSPS) is 29.2.